The van der Waals surface area contributed by atoms with Crippen molar-refractivity contribution in [2.45, 2.75) is 18.9 Å². The molecule has 23 heavy (non-hydrogen) atoms. The summed E-state index contributed by atoms with van der Waals surface area (Å²) in [5, 5.41) is 17.2. The van der Waals surface area contributed by atoms with E-state index in [0.717, 1.165) is 42.0 Å². The van der Waals surface area contributed by atoms with Crippen LogP contribution < -0.4 is 10.2 Å². The Kier molecular flexibility index (Phi) is 3.85. The lowest BCUT2D eigenvalue weighted by atomic mass is 10.1. The largest absolute Gasteiger partial charge is 0.364 e. The average Bonchev–Trinajstić information content (AvgIpc) is 3.27. The van der Waals surface area contributed by atoms with Gasteiger partial charge in [-0.3, -0.25) is 0 Å². The normalized spacial score (nSPS) is 18.1. The average molecular weight is 329 g/mol. The number of hydrogen-bond donors (Lipinski definition) is 1. The summed E-state index contributed by atoms with van der Waals surface area (Å²) in [5.41, 5.74) is 0.707. The minimum absolute atomic E-state index is 0.297. The number of nitrogens with one attached hydrogen (secondary N) is 1. The van der Waals surface area contributed by atoms with Gasteiger partial charge in [-0.25, -0.2) is 9.97 Å². The van der Waals surface area contributed by atoms with Gasteiger partial charge in [0.15, 0.2) is 5.01 Å². The van der Waals surface area contributed by atoms with Crippen molar-refractivity contribution in [3.63, 3.8) is 0 Å². The van der Waals surface area contributed by atoms with E-state index in [1.54, 1.807) is 18.5 Å². The molecule has 8 nitrogen and oxygen atoms in total. The predicted molar refractivity (Wildman–Crippen MR) is 86.3 cm³/mol. The first-order chi connectivity index (χ1) is 11.4. The third-order valence-corrected chi connectivity index (χ3v) is 4.54. The van der Waals surface area contributed by atoms with Gasteiger partial charge in [-0.2, -0.15) is 0 Å². The van der Waals surface area contributed by atoms with Crippen LogP contribution in [-0.2, 0) is 0 Å². The molecule has 0 unspecified atom stereocenters. The molecule has 1 aliphatic heterocycles. The molecule has 1 N–H and O–H groups in total. The van der Waals surface area contributed by atoms with Crippen LogP contribution in [0.4, 0.5) is 11.1 Å². The summed E-state index contributed by atoms with van der Waals surface area (Å²) in [5.74, 6) is 0.777. The van der Waals surface area contributed by atoms with Crippen LogP contribution in [-0.4, -0.2) is 44.5 Å². The Labute approximate surface area is 136 Å². The molecule has 1 saturated heterocycles. The van der Waals surface area contributed by atoms with E-state index >= 15 is 0 Å². The highest BCUT2D eigenvalue weighted by molar-refractivity contribution is 7.18. The number of nitrogens with zero attached hydrogens (tertiary/aromatic N) is 6. The summed E-state index contributed by atoms with van der Waals surface area (Å²) < 4.78 is 4.84. The van der Waals surface area contributed by atoms with Crippen molar-refractivity contribution in [1.82, 2.24) is 25.3 Å². The van der Waals surface area contributed by atoms with Gasteiger partial charge in [0, 0.05) is 37.6 Å². The molecule has 0 amide bonds. The fraction of sp³-hybridized carbons (Fsp3) is 0.357. The molecule has 1 atom stereocenters. The molecule has 4 heterocycles. The fourth-order valence-corrected chi connectivity index (χ4v) is 3.40. The third kappa shape index (κ3) is 3.14. The summed E-state index contributed by atoms with van der Waals surface area (Å²) in [6.07, 6.45) is 7.25. The second-order valence-corrected chi connectivity index (χ2v) is 6.25. The van der Waals surface area contributed by atoms with Crippen LogP contribution in [0.25, 0.3) is 10.7 Å². The van der Waals surface area contributed by atoms with E-state index in [2.05, 4.69) is 35.5 Å². The molecule has 0 radical (unpaired) electrons. The summed E-state index contributed by atoms with van der Waals surface area (Å²) >= 11 is 1.48. The topological polar surface area (TPSA) is 92.9 Å². The van der Waals surface area contributed by atoms with Gasteiger partial charge in [0.2, 0.25) is 11.1 Å². The van der Waals surface area contributed by atoms with Gasteiger partial charge in [0.25, 0.3) is 0 Å². The number of rotatable bonds is 4. The minimum atomic E-state index is 0.297. The Morgan fingerprint density at radius 1 is 1.26 bits per heavy atom. The quantitative estimate of drug-likeness (QED) is 0.777. The summed E-state index contributed by atoms with van der Waals surface area (Å²) in [7, 11) is 0. The molecule has 0 bridgehead atoms. The SMILES string of the molecule is c1cnc(N2CCC[C@H](Nc3nnc(-c4ccon4)s3)C2)nc1. The number of anilines is 2. The summed E-state index contributed by atoms with van der Waals surface area (Å²) in [4.78, 5) is 10.8. The van der Waals surface area contributed by atoms with Gasteiger partial charge in [-0.05, 0) is 18.9 Å². The zero-order valence-corrected chi connectivity index (χ0v) is 13.1. The van der Waals surface area contributed by atoms with Crippen LogP contribution >= 0.6 is 11.3 Å². The highest BCUT2D eigenvalue weighted by Gasteiger charge is 2.22. The highest BCUT2D eigenvalue weighted by Crippen LogP contribution is 2.26. The van der Waals surface area contributed by atoms with Gasteiger partial charge < -0.3 is 14.7 Å². The van der Waals surface area contributed by atoms with Gasteiger partial charge >= 0.3 is 0 Å². The molecule has 1 fully saturated rings. The van der Waals surface area contributed by atoms with Crippen LogP contribution in [0, 0.1) is 0 Å². The van der Waals surface area contributed by atoms with Crippen molar-refractivity contribution in [2.24, 2.45) is 0 Å². The van der Waals surface area contributed by atoms with E-state index in [1.165, 1.54) is 17.6 Å². The number of aromatic nitrogens is 5. The molecular formula is C14H15N7OS. The van der Waals surface area contributed by atoms with Crippen LogP contribution in [0.2, 0.25) is 0 Å². The van der Waals surface area contributed by atoms with E-state index < -0.39 is 0 Å². The Bertz CT molecular complexity index is 746. The van der Waals surface area contributed by atoms with Gasteiger partial charge in [-0.1, -0.05) is 16.5 Å². The Balaban J connectivity index is 1.43. The van der Waals surface area contributed by atoms with Crippen molar-refractivity contribution in [2.75, 3.05) is 23.3 Å². The van der Waals surface area contributed by atoms with E-state index in [0.29, 0.717) is 11.7 Å². The predicted octanol–water partition coefficient (Wildman–Crippen LogP) is 2.06. The van der Waals surface area contributed by atoms with E-state index in [4.69, 9.17) is 4.52 Å². The molecule has 4 rings (SSSR count). The van der Waals surface area contributed by atoms with Crippen LogP contribution in [0.1, 0.15) is 12.8 Å². The molecule has 0 aliphatic carbocycles. The first kappa shape index (κ1) is 14.1. The number of hydrogen-bond acceptors (Lipinski definition) is 9. The van der Waals surface area contributed by atoms with Crippen LogP contribution in [0.5, 0.6) is 0 Å². The van der Waals surface area contributed by atoms with Crippen molar-refractivity contribution < 1.29 is 4.52 Å². The van der Waals surface area contributed by atoms with Crippen molar-refractivity contribution in [1.29, 1.82) is 0 Å². The fourth-order valence-electron chi connectivity index (χ4n) is 2.61. The maximum atomic E-state index is 4.84. The molecule has 9 heteroatoms. The molecular weight excluding hydrogens is 314 g/mol. The molecule has 3 aromatic heterocycles. The number of piperidine rings is 1. The molecule has 0 saturated carbocycles. The highest BCUT2D eigenvalue weighted by atomic mass is 32.1. The van der Waals surface area contributed by atoms with Crippen molar-refractivity contribution >= 4 is 22.4 Å². The van der Waals surface area contributed by atoms with Crippen molar-refractivity contribution in [3.8, 4) is 10.7 Å². The standard InChI is InChI=1S/C14H15N7OS/c1-3-10(9-21(7-1)13-15-5-2-6-16-13)17-14-19-18-12(23-14)11-4-8-22-20-11/h2,4-6,8,10H,1,3,7,9H2,(H,17,19)/t10-/m0/s1. The first-order valence-corrected chi connectivity index (χ1v) is 8.23. The second-order valence-electron chi connectivity index (χ2n) is 5.28. The van der Waals surface area contributed by atoms with Crippen LogP contribution in [0.15, 0.2) is 35.3 Å². The third-order valence-electron chi connectivity index (χ3n) is 3.67. The van der Waals surface area contributed by atoms with Gasteiger partial charge in [-0.15, -0.1) is 10.2 Å². The lowest BCUT2D eigenvalue weighted by Gasteiger charge is -2.32. The molecule has 1 aliphatic rings. The smallest absolute Gasteiger partial charge is 0.225 e. The lowest BCUT2D eigenvalue weighted by molar-refractivity contribution is 0.422. The minimum Gasteiger partial charge on any atom is -0.364 e. The Morgan fingerprint density at radius 3 is 3.00 bits per heavy atom. The molecule has 0 aromatic carbocycles. The Morgan fingerprint density at radius 2 is 2.17 bits per heavy atom. The lowest BCUT2D eigenvalue weighted by Crippen LogP contribution is -2.42. The van der Waals surface area contributed by atoms with Crippen molar-refractivity contribution in [3.05, 3.63) is 30.8 Å². The van der Waals surface area contributed by atoms with Gasteiger partial charge in [0.1, 0.15) is 12.0 Å². The monoisotopic (exact) mass is 329 g/mol. The van der Waals surface area contributed by atoms with E-state index in [9.17, 15) is 0 Å². The second kappa shape index (κ2) is 6.29. The Hall–Kier alpha value is -2.55. The summed E-state index contributed by atoms with van der Waals surface area (Å²) in [6, 6.07) is 3.90. The maximum Gasteiger partial charge on any atom is 0.225 e. The van der Waals surface area contributed by atoms with E-state index in [1.807, 2.05) is 6.07 Å². The van der Waals surface area contributed by atoms with Crippen LogP contribution in [0.3, 0.4) is 0 Å². The maximum absolute atomic E-state index is 4.84. The molecule has 118 valence electrons. The molecule has 0 spiro atoms. The zero-order valence-electron chi connectivity index (χ0n) is 12.3. The first-order valence-electron chi connectivity index (χ1n) is 7.41. The molecule has 3 aromatic rings. The summed E-state index contributed by atoms with van der Waals surface area (Å²) in [6.45, 7) is 1.82. The zero-order chi connectivity index (χ0) is 15.5. The van der Waals surface area contributed by atoms with Gasteiger partial charge in [0.05, 0.1) is 0 Å². The van der Waals surface area contributed by atoms with E-state index in [-0.39, 0.29) is 0 Å².